The fourth-order valence-electron chi connectivity index (χ4n) is 3.23. The van der Waals surface area contributed by atoms with Gasteiger partial charge in [-0.3, -0.25) is 14.8 Å². The Morgan fingerprint density at radius 1 is 1.19 bits per heavy atom. The highest BCUT2D eigenvalue weighted by molar-refractivity contribution is 7.71. The number of benzene rings is 1. The van der Waals surface area contributed by atoms with Gasteiger partial charge in [0.2, 0.25) is 4.77 Å². The molecule has 2 aromatic heterocycles. The normalized spacial score (nSPS) is 15.2. The van der Waals surface area contributed by atoms with Gasteiger partial charge in [0, 0.05) is 37.4 Å². The molecule has 0 radical (unpaired) electrons. The standard InChI is InChI=1S/C19H21N5OS2/c1-14(25)15-4-6-16(7-5-15)23-10-8-22(9-11-23)13-24-19(26)20-18(21-24)17-3-2-12-27-17/h2-7,12H,8-11,13H2,1H3,(H,20,21,26). The number of nitrogens with one attached hydrogen (secondary N) is 1. The maximum atomic E-state index is 11.4. The van der Waals surface area contributed by atoms with Gasteiger partial charge in [0.05, 0.1) is 11.5 Å². The van der Waals surface area contributed by atoms with E-state index in [9.17, 15) is 4.79 Å². The summed E-state index contributed by atoms with van der Waals surface area (Å²) in [6.07, 6.45) is 0. The number of aromatic nitrogens is 3. The molecule has 3 aromatic rings. The van der Waals surface area contributed by atoms with E-state index in [-0.39, 0.29) is 5.78 Å². The van der Waals surface area contributed by atoms with Crippen molar-refractivity contribution >= 4 is 35.0 Å². The molecule has 3 heterocycles. The highest BCUT2D eigenvalue weighted by Gasteiger charge is 2.18. The molecule has 0 amide bonds. The quantitative estimate of drug-likeness (QED) is 0.524. The van der Waals surface area contributed by atoms with Gasteiger partial charge in [-0.2, -0.15) is 4.98 Å². The van der Waals surface area contributed by atoms with Gasteiger partial charge in [-0.1, -0.05) is 6.07 Å². The molecule has 0 spiro atoms. The minimum Gasteiger partial charge on any atom is -0.369 e. The SMILES string of the molecule is CC(=O)c1ccc(N2CCN(Cn3[nH]c(-c4cccs4)nc3=S)CC2)cc1. The molecule has 4 rings (SSSR count). The van der Waals surface area contributed by atoms with Gasteiger partial charge in [0.15, 0.2) is 11.6 Å². The van der Waals surface area contributed by atoms with Crippen LogP contribution in [0.4, 0.5) is 5.69 Å². The van der Waals surface area contributed by atoms with Crippen molar-refractivity contribution in [1.29, 1.82) is 0 Å². The Balaban J connectivity index is 1.37. The largest absolute Gasteiger partial charge is 0.369 e. The van der Waals surface area contributed by atoms with Crippen LogP contribution in [0.1, 0.15) is 17.3 Å². The molecule has 1 aromatic carbocycles. The molecular formula is C19H21N5OS2. The third-order valence-corrected chi connectivity index (χ3v) is 5.97. The van der Waals surface area contributed by atoms with E-state index in [4.69, 9.17) is 12.2 Å². The first-order chi connectivity index (χ1) is 13.1. The van der Waals surface area contributed by atoms with E-state index in [1.807, 2.05) is 46.5 Å². The van der Waals surface area contributed by atoms with Crippen LogP contribution in [-0.2, 0) is 6.67 Å². The van der Waals surface area contributed by atoms with Gasteiger partial charge in [-0.25, -0.2) is 4.68 Å². The number of ketones is 1. The summed E-state index contributed by atoms with van der Waals surface area (Å²) in [7, 11) is 0. The van der Waals surface area contributed by atoms with Crippen LogP contribution < -0.4 is 4.90 Å². The number of piperazine rings is 1. The molecule has 1 aliphatic heterocycles. The number of thiophene rings is 1. The van der Waals surface area contributed by atoms with Gasteiger partial charge in [-0.15, -0.1) is 11.3 Å². The summed E-state index contributed by atoms with van der Waals surface area (Å²) in [5.41, 5.74) is 1.92. The van der Waals surface area contributed by atoms with Crippen molar-refractivity contribution in [2.24, 2.45) is 0 Å². The van der Waals surface area contributed by atoms with E-state index < -0.39 is 0 Å². The number of carbonyl (C=O) groups excluding carboxylic acids is 1. The number of hydrogen-bond acceptors (Lipinski definition) is 6. The number of nitrogens with zero attached hydrogens (tertiary/aromatic N) is 4. The summed E-state index contributed by atoms with van der Waals surface area (Å²) in [5.74, 6) is 0.934. The van der Waals surface area contributed by atoms with Crippen LogP contribution in [0.2, 0.25) is 0 Å². The van der Waals surface area contributed by atoms with Gasteiger partial charge >= 0.3 is 0 Å². The summed E-state index contributed by atoms with van der Waals surface area (Å²) >= 11 is 7.06. The van der Waals surface area contributed by atoms with Crippen LogP contribution in [0.25, 0.3) is 10.7 Å². The van der Waals surface area contributed by atoms with Crippen LogP contribution in [0.15, 0.2) is 41.8 Å². The fourth-order valence-corrected chi connectivity index (χ4v) is 4.09. The third kappa shape index (κ3) is 4.02. The average molecular weight is 400 g/mol. The Morgan fingerprint density at radius 2 is 1.93 bits per heavy atom. The molecular weight excluding hydrogens is 378 g/mol. The molecule has 8 heteroatoms. The van der Waals surface area contributed by atoms with Crippen molar-refractivity contribution in [3.8, 4) is 10.7 Å². The Bertz CT molecular complexity index is 966. The van der Waals surface area contributed by atoms with Crippen LogP contribution in [0, 0.1) is 4.77 Å². The lowest BCUT2D eigenvalue weighted by Gasteiger charge is -2.36. The minimum absolute atomic E-state index is 0.101. The zero-order chi connectivity index (χ0) is 18.8. The minimum atomic E-state index is 0.101. The molecule has 27 heavy (non-hydrogen) atoms. The molecule has 1 aliphatic rings. The molecule has 0 unspecified atom stereocenters. The van der Waals surface area contributed by atoms with E-state index in [2.05, 4.69) is 19.9 Å². The molecule has 1 N–H and O–H groups in total. The summed E-state index contributed by atoms with van der Waals surface area (Å²) in [6.45, 7) is 6.09. The Hall–Kier alpha value is -2.29. The smallest absolute Gasteiger partial charge is 0.217 e. The predicted octanol–water partition coefficient (Wildman–Crippen LogP) is 3.65. The first-order valence-corrected chi connectivity index (χ1v) is 10.2. The van der Waals surface area contributed by atoms with Crippen molar-refractivity contribution in [1.82, 2.24) is 19.7 Å². The molecule has 0 saturated carbocycles. The van der Waals surface area contributed by atoms with Crippen molar-refractivity contribution in [3.63, 3.8) is 0 Å². The molecule has 6 nitrogen and oxygen atoms in total. The van der Waals surface area contributed by atoms with Crippen molar-refractivity contribution in [3.05, 3.63) is 52.1 Å². The maximum Gasteiger partial charge on any atom is 0.217 e. The fraction of sp³-hybridized carbons (Fsp3) is 0.316. The first-order valence-electron chi connectivity index (χ1n) is 8.89. The predicted molar refractivity (Wildman–Crippen MR) is 111 cm³/mol. The summed E-state index contributed by atoms with van der Waals surface area (Å²) in [5, 5.41) is 5.35. The number of hydrogen-bond donors (Lipinski definition) is 1. The highest BCUT2D eigenvalue weighted by atomic mass is 32.1. The van der Waals surface area contributed by atoms with Crippen molar-refractivity contribution < 1.29 is 4.79 Å². The third-order valence-electron chi connectivity index (χ3n) is 4.79. The second-order valence-corrected chi connectivity index (χ2v) is 7.92. The molecule has 1 fully saturated rings. The Labute approximate surface area is 167 Å². The van der Waals surface area contributed by atoms with E-state index in [0.29, 0.717) is 11.4 Å². The number of carbonyl (C=O) groups is 1. The second-order valence-electron chi connectivity index (χ2n) is 6.61. The lowest BCUT2D eigenvalue weighted by molar-refractivity contribution is 0.101. The zero-order valence-electron chi connectivity index (χ0n) is 15.1. The first kappa shape index (κ1) is 18.1. The molecule has 0 atom stereocenters. The highest BCUT2D eigenvalue weighted by Crippen LogP contribution is 2.21. The summed E-state index contributed by atoms with van der Waals surface area (Å²) in [6, 6.07) is 11.9. The van der Waals surface area contributed by atoms with Crippen LogP contribution in [-0.4, -0.2) is 51.6 Å². The number of aromatic amines is 1. The lowest BCUT2D eigenvalue weighted by Crippen LogP contribution is -2.47. The van der Waals surface area contributed by atoms with Gasteiger partial charge in [0.25, 0.3) is 0 Å². The van der Waals surface area contributed by atoms with Crippen LogP contribution in [0.5, 0.6) is 0 Å². The van der Waals surface area contributed by atoms with Gasteiger partial charge < -0.3 is 4.90 Å². The van der Waals surface area contributed by atoms with Crippen LogP contribution >= 0.6 is 23.6 Å². The van der Waals surface area contributed by atoms with Gasteiger partial charge in [-0.05, 0) is 54.9 Å². The van der Waals surface area contributed by atoms with Crippen molar-refractivity contribution in [2.75, 3.05) is 31.1 Å². The zero-order valence-corrected chi connectivity index (χ0v) is 16.7. The molecule has 1 saturated heterocycles. The van der Waals surface area contributed by atoms with E-state index >= 15 is 0 Å². The lowest BCUT2D eigenvalue weighted by atomic mass is 10.1. The number of rotatable bonds is 5. The topological polar surface area (TPSA) is 57.2 Å². The van der Waals surface area contributed by atoms with E-state index in [1.165, 1.54) is 0 Å². The molecule has 0 aliphatic carbocycles. The summed E-state index contributed by atoms with van der Waals surface area (Å²) in [4.78, 5) is 21.7. The second kappa shape index (κ2) is 7.75. The molecule has 0 bridgehead atoms. The van der Waals surface area contributed by atoms with Gasteiger partial charge in [0.1, 0.15) is 0 Å². The number of H-pyrrole nitrogens is 1. The maximum absolute atomic E-state index is 11.4. The average Bonchev–Trinajstić information content (AvgIpc) is 3.33. The molecule has 140 valence electrons. The van der Waals surface area contributed by atoms with E-state index in [0.717, 1.165) is 48.1 Å². The summed E-state index contributed by atoms with van der Waals surface area (Å²) < 4.78 is 2.52. The van der Waals surface area contributed by atoms with E-state index in [1.54, 1.807) is 18.3 Å². The monoisotopic (exact) mass is 399 g/mol. The van der Waals surface area contributed by atoms with Crippen LogP contribution in [0.3, 0.4) is 0 Å². The number of anilines is 1. The Morgan fingerprint density at radius 3 is 2.56 bits per heavy atom. The number of Topliss-reactive ketones (excluding diaryl/α,β-unsaturated/α-hetero) is 1. The van der Waals surface area contributed by atoms with Crippen molar-refractivity contribution in [2.45, 2.75) is 13.6 Å². The Kier molecular flexibility index (Phi) is 5.20.